The average molecular weight is 343 g/mol. The van der Waals surface area contributed by atoms with E-state index in [0.29, 0.717) is 22.4 Å². The van der Waals surface area contributed by atoms with Gasteiger partial charge in [-0.15, -0.1) is 0 Å². The number of hydrogen-bond donors (Lipinski definition) is 2. The number of hydrogen-bond acceptors (Lipinski definition) is 5. The van der Waals surface area contributed by atoms with Gasteiger partial charge in [-0.25, -0.2) is 0 Å². The molecule has 1 aliphatic heterocycles. The number of nitrogens with one attached hydrogen (secondary N) is 2. The van der Waals surface area contributed by atoms with Crippen LogP contribution in [0, 0.1) is 6.92 Å². The Morgan fingerprint density at radius 3 is 2.79 bits per heavy atom. The largest absolute Gasteiger partial charge is 0.493 e. The SMILES string of the molecule is COc1cc(/C=N\NC(=S)Nc2ccc(C)cc2)cc2c1OCO2. The van der Waals surface area contributed by atoms with Crippen molar-refractivity contribution in [3.63, 3.8) is 0 Å². The highest BCUT2D eigenvalue weighted by Gasteiger charge is 2.19. The zero-order valence-electron chi connectivity index (χ0n) is 13.3. The molecule has 2 N–H and O–H groups in total. The van der Waals surface area contributed by atoms with Crippen molar-refractivity contribution in [3.05, 3.63) is 47.5 Å². The predicted molar refractivity (Wildman–Crippen MR) is 97.2 cm³/mol. The highest BCUT2D eigenvalue weighted by atomic mass is 32.1. The molecule has 1 aliphatic rings. The van der Waals surface area contributed by atoms with Crippen LogP contribution in [0.3, 0.4) is 0 Å². The van der Waals surface area contributed by atoms with Crippen LogP contribution >= 0.6 is 12.2 Å². The lowest BCUT2D eigenvalue weighted by Gasteiger charge is -2.07. The van der Waals surface area contributed by atoms with E-state index in [1.165, 1.54) is 5.56 Å². The van der Waals surface area contributed by atoms with Crippen LogP contribution < -0.4 is 25.0 Å². The number of thiocarbonyl (C=S) groups is 1. The van der Waals surface area contributed by atoms with E-state index < -0.39 is 0 Å². The molecule has 0 unspecified atom stereocenters. The van der Waals surface area contributed by atoms with Crippen LogP contribution in [0.2, 0.25) is 0 Å². The lowest BCUT2D eigenvalue weighted by Crippen LogP contribution is -2.23. The number of benzene rings is 2. The van der Waals surface area contributed by atoms with Crippen molar-refractivity contribution in [1.29, 1.82) is 0 Å². The van der Waals surface area contributed by atoms with Gasteiger partial charge in [-0.1, -0.05) is 17.7 Å². The van der Waals surface area contributed by atoms with Crippen molar-refractivity contribution in [1.82, 2.24) is 5.43 Å². The van der Waals surface area contributed by atoms with Crippen molar-refractivity contribution in [2.45, 2.75) is 6.92 Å². The van der Waals surface area contributed by atoms with E-state index in [1.54, 1.807) is 13.3 Å². The van der Waals surface area contributed by atoms with Crippen LogP contribution in [0.15, 0.2) is 41.5 Å². The fourth-order valence-corrected chi connectivity index (χ4v) is 2.36. The van der Waals surface area contributed by atoms with Gasteiger partial charge in [0.05, 0.1) is 13.3 Å². The molecule has 0 aliphatic carbocycles. The molecule has 1 heterocycles. The third-order valence-electron chi connectivity index (χ3n) is 3.37. The first-order valence-electron chi connectivity index (χ1n) is 7.30. The summed E-state index contributed by atoms with van der Waals surface area (Å²) in [4.78, 5) is 0. The maximum absolute atomic E-state index is 5.38. The maximum Gasteiger partial charge on any atom is 0.231 e. The van der Waals surface area contributed by atoms with Crippen molar-refractivity contribution in [2.75, 3.05) is 19.2 Å². The van der Waals surface area contributed by atoms with Crippen LogP contribution in [0.1, 0.15) is 11.1 Å². The highest BCUT2D eigenvalue weighted by Crippen LogP contribution is 2.41. The van der Waals surface area contributed by atoms with Gasteiger partial charge in [-0.05, 0) is 43.4 Å². The van der Waals surface area contributed by atoms with Crippen LogP contribution in [0.25, 0.3) is 0 Å². The van der Waals surface area contributed by atoms with E-state index in [4.69, 9.17) is 26.4 Å². The molecule has 24 heavy (non-hydrogen) atoms. The number of hydrazone groups is 1. The molecule has 0 spiro atoms. The number of nitrogens with zero attached hydrogens (tertiary/aromatic N) is 1. The molecule has 0 radical (unpaired) electrons. The minimum atomic E-state index is 0.190. The highest BCUT2D eigenvalue weighted by molar-refractivity contribution is 7.80. The molecule has 0 aromatic heterocycles. The molecule has 0 saturated heterocycles. The minimum Gasteiger partial charge on any atom is -0.493 e. The van der Waals surface area contributed by atoms with Gasteiger partial charge in [0.2, 0.25) is 12.5 Å². The Bertz CT molecular complexity index is 775. The number of fused-ring (bicyclic) bond motifs is 1. The lowest BCUT2D eigenvalue weighted by atomic mass is 10.2. The smallest absolute Gasteiger partial charge is 0.231 e. The summed E-state index contributed by atoms with van der Waals surface area (Å²) in [5.74, 6) is 1.85. The standard InChI is InChI=1S/C17H17N3O3S/c1-11-3-5-13(6-4-11)19-17(24)20-18-9-12-7-14(21-2)16-15(8-12)22-10-23-16/h3-9H,10H2,1-2H3,(H2,19,20,24)/b18-9-. The summed E-state index contributed by atoms with van der Waals surface area (Å²) in [6.45, 7) is 2.22. The minimum absolute atomic E-state index is 0.190. The van der Waals surface area contributed by atoms with Crippen LogP contribution in [-0.2, 0) is 0 Å². The zero-order chi connectivity index (χ0) is 16.9. The van der Waals surface area contributed by atoms with Crippen molar-refractivity contribution >= 4 is 29.2 Å². The first kappa shape index (κ1) is 16.1. The molecule has 0 bridgehead atoms. The van der Waals surface area contributed by atoms with E-state index in [-0.39, 0.29) is 6.79 Å². The van der Waals surface area contributed by atoms with Gasteiger partial charge >= 0.3 is 0 Å². The third kappa shape index (κ3) is 3.75. The second-order valence-corrected chi connectivity index (χ2v) is 5.56. The average Bonchev–Trinajstić information content (AvgIpc) is 3.05. The van der Waals surface area contributed by atoms with E-state index in [9.17, 15) is 0 Å². The molecule has 6 nitrogen and oxygen atoms in total. The molecule has 2 aromatic rings. The molecular formula is C17H17N3O3S. The number of aryl methyl sites for hydroxylation is 1. The predicted octanol–water partition coefficient (Wildman–Crippen LogP) is 3.05. The van der Waals surface area contributed by atoms with E-state index >= 15 is 0 Å². The second kappa shape index (κ2) is 7.18. The van der Waals surface area contributed by atoms with Gasteiger partial charge in [-0.2, -0.15) is 5.10 Å². The van der Waals surface area contributed by atoms with E-state index in [0.717, 1.165) is 11.3 Å². The third-order valence-corrected chi connectivity index (χ3v) is 3.56. The van der Waals surface area contributed by atoms with Gasteiger partial charge in [0.15, 0.2) is 16.6 Å². The molecule has 0 fully saturated rings. The van der Waals surface area contributed by atoms with Gasteiger partial charge in [0, 0.05) is 11.3 Å². The molecule has 7 heteroatoms. The molecule has 0 atom stereocenters. The first-order chi connectivity index (χ1) is 11.7. The van der Waals surface area contributed by atoms with Gasteiger partial charge in [-0.3, -0.25) is 5.43 Å². The Morgan fingerprint density at radius 2 is 2.04 bits per heavy atom. The number of rotatable bonds is 4. The maximum atomic E-state index is 5.38. The molecule has 124 valence electrons. The molecule has 0 amide bonds. The summed E-state index contributed by atoms with van der Waals surface area (Å²) in [7, 11) is 1.58. The van der Waals surface area contributed by atoms with Crippen molar-refractivity contribution in [3.8, 4) is 17.2 Å². The molecule has 3 rings (SSSR count). The number of methoxy groups -OCH3 is 1. The fraction of sp³-hybridized carbons (Fsp3) is 0.176. The van der Waals surface area contributed by atoms with Crippen LogP contribution in [0.4, 0.5) is 5.69 Å². The quantitative estimate of drug-likeness (QED) is 0.505. The molecule has 2 aromatic carbocycles. The lowest BCUT2D eigenvalue weighted by molar-refractivity contribution is 0.171. The van der Waals surface area contributed by atoms with Gasteiger partial charge in [0.1, 0.15) is 0 Å². The van der Waals surface area contributed by atoms with Gasteiger partial charge in [0.25, 0.3) is 0 Å². The monoisotopic (exact) mass is 343 g/mol. The van der Waals surface area contributed by atoms with Crippen LogP contribution in [0.5, 0.6) is 17.2 Å². The fourth-order valence-electron chi connectivity index (χ4n) is 2.19. The Balaban J connectivity index is 1.62. The zero-order valence-corrected chi connectivity index (χ0v) is 14.1. The summed E-state index contributed by atoms with van der Waals surface area (Å²) in [6, 6.07) is 11.6. The summed E-state index contributed by atoms with van der Waals surface area (Å²) in [5, 5.41) is 7.59. The Hall–Kier alpha value is -2.80. The first-order valence-corrected chi connectivity index (χ1v) is 7.71. The van der Waals surface area contributed by atoms with E-state index in [2.05, 4.69) is 15.8 Å². The molecular weight excluding hydrogens is 326 g/mol. The summed E-state index contributed by atoms with van der Waals surface area (Å²) < 4.78 is 16.0. The summed E-state index contributed by atoms with van der Waals surface area (Å²) in [6.07, 6.45) is 1.63. The van der Waals surface area contributed by atoms with Crippen molar-refractivity contribution < 1.29 is 14.2 Å². The number of ether oxygens (including phenoxy) is 3. The summed E-state index contributed by atoms with van der Waals surface area (Å²) >= 11 is 5.21. The normalized spacial score (nSPS) is 12.2. The van der Waals surface area contributed by atoms with E-state index in [1.807, 2.05) is 43.3 Å². The Kier molecular flexibility index (Phi) is 4.81. The second-order valence-electron chi connectivity index (χ2n) is 5.15. The summed E-state index contributed by atoms with van der Waals surface area (Å²) in [5.41, 5.74) is 5.67. The Labute approximate surface area is 145 Å². The topological polar surface area (TPSA) is 64.1 Å². The Morgan fingerprint density at radius 1 is 1.25 bits per heavy atom. The van der Waals surface area contributed by atoms with Crippen LogP contribution in [-0.4, -0.2) is 25.2 Å². The van der Waals surface area contributed by atoms with Gasteiger partial charge < -0.3 is 19.5 Å². The number of anilines is 1. The van der Waals surface area contributed by atoms with Crippen molar-refractivity contribution in [2.24, 2.45) is 5.10 Å². The molecule has 0 saturated carbocycles.